The fraction of sp³-hybridized carbons (Fsp3) is 0.241. The van der Waals surface area contributed by atoms with Gasteiger partial charge in [-0.05, 0) is 20.8 Å². The first-order valence-corrected chi connectivity index (χ1v) is 13.0. The van der Waals surface area contributed by atoms with E-state index >= 15 is 0 Å². The van der Waals surface area contributed by atoms with Crippen LogP contribution in [0.3, 0.4) is 0 Å². The summed E-state index contributed by atoms with van der Waals surface area (Å²) in [6, 6.07) is 27.7. The van der Waals surface area contributed by atoms with Crippen LogP contribution >= 0.6 is 37.2 Å². The minimum Gasteiger partial charge on any atom is -0.269 e. The zero-order chi connectivity index (χ0) is 21.3. The van der Waals surface area contributed by atoms with Gasteiger partial charge in [-0.15, -0.1) is 43.6 Å². The molecule has 0 saturated heterocycles. The van der Waals surface area contributed by atoms with Crippen molar-refractivity contribution in [2.45, 2.75) is 41.0 Å². The van der Waals surface area contributed by atoms with Gasteiger partial charge in [0, 0.05) is 21.7 Å². The van der Waals surface area contributed by atoms with Crippen molar-refractivity contribution in [3.05, 3.63) is 112 Å². The average Bonchev–Trinajstić information content (AvgIpc) is 3.19. The van der Waals surface area contributed by atoms with Gasteiger partial charge in [-0.25, -0.2) is 5.57 Å². The Labute approximate surface area is 240 Å². The summed E-state index contributed by atoms with van der Waals surface area (Å²) in [6.45, 7) is 11.3. The van der Waals surface area contributed by atoms with E-state index in [1.807, 2.05) is 0 Å². The molecule has 0 saturated carbocycles. The fourth-order valence-corrected chi connectivity index (χ4v) is 10.4. The molecule has 0 aliphatic heterocycles. The molecule has 1 aliphatic rings. The van der Waals surface area contributed by atoms with Crippen LogP contribution in [0.1, 0.15) is 37.0 Å². The molecule has 34 heavy (non-hydrogen) atoms. The van der Waals surface area contributed by atoms with Gasteiger partial charge in [0.1, 0.15) is 0 Å². The maximum Gasteiger partial charge on any atom is 0.0993 e. The molecular formula is C29H34Cl3SiTi-. The molecule has 3 aromatic carbocycles. The molecule has 0 bridgehead atoms. The van der Waals surface area contributed by atoms with Crippen LogP contribution in [0.5, 0.6) is 0 Å². The Kier molecular flexibility index (Phi) is 13.4. The monoisotopic (exact) mass is 563 g/mol. The van der Waals surface area contributed by atoms with E-state index < -0.39 is 8.07 Å². The number of aryl methyl sites for hydroxylation is 3. The van der Waals surface area contributed by atoms with Gasteiger partial charge >= 0.3 is 0 Å². The Hall–Kier alpha value is -1.06. The molecule has 1 aliphatic carbocycles. The predicted molar refractivity (Wildman–Crippen MR) is 154 cm³/mol. The standard InChI is InChI=1S/C29H31Si.3ClH.Ti/c1-21(2)28-16-9-17-29(28)30(25-13-6-10-22(3)18-25,26-14-7-11-23(4)19-26)27-15-8-12-24(5)20-27;;;;/h6-8,10-15,17-21H,9H2,1-5H3;3*1H;/q-1;;;;. The third-order valence-electron chi connectivity index (χ3n) is 6.22. The molecule has 3 aromatic rings. The van der Waals surface area contributed by atoms with Crippen molar-refractivity contribution in [3.63, 3.8) is 0 Å². The quantitative estimate of drug-likeness (QED) is 0.186. The number of hydrogen-bond acceptors (Lipinski definition) is 0. The van der Waals surface area contributed by atoms with E-state index in [1.54, 1.807) is 0 Å². The van der Waals surface area contributed by atoms with Crippen molar-refractivity contribution in [3.8, 4) is 0 Å². The van der Waals surface area contributed by atoms with Crippen molar-refractivity contribution >= 4 is 60.9 Å². The Morgan fingerprint density at radius 1 is 0.676 bits per heavy atom. The number of halogens is 3. The van der Waals surface area contributed by atoms with Gasteiger partial charge in [0.05, 0.1) is 8.07 Å². The van der Waals surface area contributed by atoms with E-state index in [-0.39, 0.29) is 58.9 Å². The first-order valence-electron chi connectivity index (χ1n) is 11.0. The molecule has 0 unspecified atom stereocenters. The van der Waals surface area contributed by atoms with E-state index in [4.69, 9.17) is 0 Å². The van der Waals surface area contributed by atoms with E-state index in [1.165, 1.54) is 43.0 Å². The smallest absolute Gasteiger partial charge is 0.0993 e. The Morgan fingerprint density at radius 2 is 1.06 bits per heavy atom. The van der Waals surface area contributed by atoms with Gasteiger partial charge < -0.3 is 0 Å². The second-order valence-corrected chi connectivity index (χ2v) is 12.7. The van der Waals surface area contributed by atoms with Crippen LogP contribution in [0.4, 0.5) is 0 Å². The van der Waals surface area contributed by atoms with Gasteiger partial charge in [-0.1, -0.05) is 125 Å². The maximum atomic E-state index is 3.72. The molecule has 180 valence electrons. The average molecular weight is 565 g/mol. The van der Waals surface area contributed by atoms with E-state index in [0.717, 1.165) is 6.42 Å². The summed E-state index contributed by atoms with van der Waals surface area (Å²) in [7, 11) is -2.45. The first-order chi connectivity index (χ1) is 14.4. The number of allylic oxidation sites excluding steroid dienone is 4. The SMILES string of the molecule is Cc1cccc([Si](C2=CC[C-]=C2C(C)C)(c2cccc(C)c2)c2cccc(C)c2)c1.Cl.Cl.Cl.[Ti]. The Morgan fingerprint density at radius 3 is 1.38 bits per heavy atom. The topological polar surface area (TPSA) is 0 Å². The molecule has 0 amide bonds. The molecule has 0 heterocycles. The summed E-state index contributed by atoms with van der Waals surface area (Å²) < 4.78 is 0. The largest absolute Gasteiger partial charge is 0.269 e. The summed E-state index contributed by atoms with van der Waals surface area (Å²) in [5.74, 6) is 0.463. The van der Waals surface area contributed by atoms with Gasteiger partial charge in [-0.2, -0.15) is 11.3 Å². The van der Waals surface area contributed by atoms with Gasteiger partial charge in [0.15, 0.2) is 0 Å². The van der Waals surface area contributed by atoms with Gasteiger partial charge in [-0.3, -0.25) is 6.08 Å². The van der Waals surface area contributed by atoms with Crippen LogP contribution in [0, 0.1) is 32.8 Å². The summed E-state index contributed by atoms with van der Waals surface area (Å²) in [5.41, 5.74) is 5.37. The molecule has 0 radical (unpaired) electrons. The second kappa shape index (κ2) is 13.9. The molecule has 0 fully saturated rings. The zero-order valence-electron chi connectivity index (χ0n) is 20.5. The van der Waals surface area contributed by atoms with Crippen LogP contribution in [-0.4, -0.2) is 8.07 Å². The molecule has 0 spiro atoms. The number of rotatable bonds is 5. The molecule has 0 nitrogen and oxygen atoms in total. The van der Waals surface area contributed by atoms with Crippen molar-refractivity contribution in [1.29, 1.82) is 0 Å². The molecule has 0 aromatic heterocycles. The number of hydrogen-bond donors (Lipinski definition) is 0. The Bertz CT molecular complexity index is 1040. The van der Waals surface area contributed by atoms with Crippen LogP contribution in [-0.2, 0) is 21.7 Å². The number of benzene rings is 3. The van der Waals surface area contributed by atoms with Crippen LogP contribution < -0.4 is 15.6 Å². The summed E-state index contributed by atoms with van der Waals surface area (Å²) >= 11 is 0. The van der Waals surface area contributed by atoms with E-state index in [9.17, 15) is 0 Å². The predicted octanol–water partition coefficient (Wildman–Crippen LogP) is 6.60. The minimum absolute atomic E-state index is 0. The summed E-state index contributed by atoms with van der Waals surface area (Å²) in [6.07, 6.45) is 7.11. The van der Waals surface area contributed by atoms with Crippen molar-refractivity contribution in [2.24, 2.45) is 5.92 Å². The van der Waals surface area contributed by atoms with Crippen molar-refractivity contribution < 1.29 is 21.7 Å². The molecular weight excluding hydrogens is 531 g/mol. The van der Waals surface area contributed by atoms with E-state index in [0.29, 0.717) is 5.92 Å². The zero-order valence-corrected chi connectivity index (χ0v) is 25.5. The minimum atomic E-state index is -2.45. The van der Waals surface area contributed by atoms with Gasteiger partial charge in [0.25, 0.3) is 0 Å². The molecule has 4 rings (SSSR count). The third kappa shape index (κ3) is 6.19. The second-order valence-electron chi connectivity index (χ2n) is 8.93. The van der Waals surface area contributed by atoms with Crippen molar-refractivity contribution in [1.82, 2.24) is 0 Å². The van der Waals surface area contributed by atoms with Crippen molar-refractivity contribution in [2.75, 3.05) is 0 Å². The van der Waals surface area contributed by atoms with Crippen LogP contribution in [0.15, 0.2) is 89.6 Å². The fourth-order valence-electron chi connectivity index (χ4n) is 4.94. The van der Waals surface area contributed by atoms with Gasteiger partial charge in [0.2, 0.25) is 0 Å². The first kappa shape index (κ1) is 32.9. The van der Waals surface area contributed by atoms with Crippen LogP contribution in [0.25, 0.3) is 0 Å². The maximum absolute atomic E-state index is 3.72. The normalized spacial score (nSPS) is 12.4. The Balaban J connectivity index is 0.00000272. The summed E-state index contributed by atoms with van der Waals surface area (Å²) in [5, 5.41) is 5.92. The van der Waals surface area contributed by atoms with E-state index in [2.05, 4.69) is 120 Å². The third-order valence-corrected chi connectivity index (χ3v) is 11.0. The molecule has 0 N–H and O–H groups in total. The summed E-state index contributed by atoms with van der Waals surface area (Å²) in [4.78, 5) is 0. The van der Waals surface area contributed by atoms with Crippen LogP contribution in [0.2, 0.25) is 0 Å². The molecule has 0 atom stereocenters. The molecule has 5 heteroatoms.